The van der Waals surface area contributed by atoms with Gasteiger partial charge in [-0.15, -0.1) is 0 Å². The van der Waals surface area contributed by atoms with Crippen molar-refractivity contribution in [3.8, 4) is 0 Å². The summed E-state index contributed by atoms with van der Waals surface area (Å²) in [6.07, 6.45) is 1.51. The molecule has 0 unspecified atom stereocenters. The molecule has 0 aliphatic heterocycles. The van der Waals surface area contributed by atoms with Gasteiger partial charge >= 0.3 is 0 Å². The van der Waals surface area contributed by atoms with E-state index in [1.165, 1.54) is 6.20 Å². The lowest BCUT2D eigenvalue weighted by Crippen LogP contribution is -2.01. The molecule has 0 spiro atoms. The lowest BCUT2D eigenvalue weighted by Gasteiger charge is -1.99. The lowest BCUT2D eigenvalue weighted by atomic mass is 10.3. The SMILES string of the molecule is CC.Nc1ccnc(N)c1N. The van der Waals surface area contributed by atoms with Crippen LogP contribution in [0.1, 0.15) is 13.8 Å². The maximum atomic E-state index is 5.38. The Morgan fingerprint density at radius 2 is 1.73 bits per heavy atom. The van der Waals surface area contributed by atoms with Crippen LogP contribution >= 0.6 is 0 Å². The van der Waals surface area contributed by atoms with Crippen LogP contribution in [-0.2, 0) is 0 Å². The van der Waals surface area contributed by atoms with Gasteiger partial charge in [-0.3, -0.25) is 0 Å². The number of nitrogens with two attached hydrogens (primary N) is 3. The van der Waals surface area contributed by atoms with Crippen molar-refractivity contribution in [1.29, 1.82) is 0 Å². The van der Waals surface area contributed by atoms with Gasteiger partial charge in [0.05, 0.1) is 11.4 Å². The molecule has 4 heteroatoms. The average molecular weight is 154 g/mol. The molecule has 62 valence electrons. The summed E-state index contributed by atoms with van der Waals surface area (Å²) in [4.78, 5) is 3.71. The Morgan fingerprint density at radius 3 is 2.09 bits per heavy atom. The molecule has 1 rings (SSSR count). The Morgan fingerprint density at radius 1 is 1.18 bits per heavy atom. The van der Waals surface area contributed by atoms with E-state index in [0.29, 0.717) is 11.4 Å². The van der Waals surface area contributed by atoms with Gasteiger partial charge in [-0.25, -0.2) is 4.98 Å². The van der Waals surface area contributed by atoms with Gasteiger partial charge in [-0.2, -0.15) is 0 Å². The maximum Gasteiger partial charge on any atom is 0.148 e. The quantitative estimate of drug-likeness (QED) is 0.516. The highest BCUT2D eigenvalue weighted by molar-refractivity contribution is 5.73. The summed E-state index contributed by atoms with van der Waals surface area (Å²) in [6.45, 7) is 4.00. The highest BCUT2D eigenvalue weighted by Gasteiger charge is 1.96. The molecule has 0 saturated carbocycles. The Hall–Kier alpha value is -1.45. The second-order valence-electron chi connectivity index (χ2n) is 1.70. The number of aromatic nitrogens is 1. The number of hydrogen-bond acceptors (Lipinski definition) is 4. The van der Waals surface area contributed by atoms with Crippen LogP contribution in [-0.4, -0.2) is 4.98 Å². The molecule has 0 bridgehead atoms. The molecule has 1 aromatic rings. The van der Waals surface area contributed by atoms with Crippen LogP contribution in [0, 0.1) is 0 Å². The Kier molecular flexibility index (Phi) is 3.80. The fraction of sp³-hybridized carbons (Fsp3) is 0.286. The van der Waals surface area contributed by atoms with Crippen LogP contribution in [0.15, 0.2) is 12.3 Å². The van der Waals surface area contributed by atoms with E-state index >= 15 is 0 Å². The minimum atomic E-state index is 0.287. The monoisotopic (exact) mass is 154 g/mol. The first-order valence-corrected chi connectivity index (χ1v) is 3.47. The Balaban J connectivity index is 0.000000461. The predicted octanol–water partition coefficient (Wildman–Crippen LogP) is 0.854. The minimum absolute atomic E-state index is 0.287. The second kappa shape index (κ2) is 4.38. The molecule has 0 aromatic carbocycles. The van der Waals surface area contributed by atoms with Gasteiger partial charge in [-0.05, 0) is 6.07 Å². The standard InChI is InChI=1S/C5H8N4.C2H6/c6-3-1-2-9-5(8)4(3)7;1-2/h1-2H,7H2,(H4,6,8,9);1-2H3. The van der Waals surface area contributed by atoms with Crippen molar-refractivity contribution in [3.05, 3.63) is 12.3 Å². The third-order valence-corrected chi connectivity index (χ3v) is 1.05. The largest absolute Gasteiger partial charge is 0.397 e. The van der Waals surface area contributed by atoms with E-state index in [0.717, 1.165) is 0 Å². The highest BCUT2D eigenvalue weighted by Crippen LogP contribution is 2.17. The molecule has 0 fully saturated rings. The zero-order valence-electron chi connectivity index (χ0n) is 6.83. The van der Waals surface area contributed by atoms with Gasteiger partial charge in [-0.1, -0.05) is 13.8 Å². The number of rotatable bonds is 0. The second-order valence-corrected chi connectivity index (χ2v) is 1.70. The van der Waals surface area contributed by atoms with Crippen LogP contribution in [0.5, 0.6) is 0 Å². The zero-order valence-corrected chi connectivity index (χ0v) is 6.83. The van der Waals surface area contributed by atoms with Gasteiger partial charge in [0, 0.05) is 6.20 Å². The van der Waals surface area contributed by atoms with Gasteiger partial charge in [0.1, 0.15) is 5.82 Å². The predicted molar refractivity (Wildman–Crippen MR) is 48.8 cm³/mol. The van der Waals surface area contributed by atoms with Crippen LogP contribution in [0.4, 0.5) is 17.2 Å². The van der Waals surface area contributed by atoms with Crippen LogP contribution < -0.4 is 17.2 Å². The molecule has 0 aliphatic carbocycles. The fourth-order valence-electron chi connectivity index (χ4n) is 0.505. The van der Waals surface area contributed by atoms with Gasteiger partial charge in [0.25, 0.3) is 0 Å². The smallest absolute Gasteiger partial charge is 0.148 e. The van der Waals surface area contributed by atoms with E-state index in [1.54, 1.807) is 6.07 Å². The van der Waals surface area contributed by atoms with E-state index in [4.69, 9.17) is 17.2 Å². The maximum absolute atomic E-state index is 5.38. The Labute approximate surface area is 66.4 Å². The van der Waals surface area contributed by atoms with E-state index < -0.39 is 0 Å². The van der Waals surface area contributed by atoms with Gasteiger partial charge in [0.2, 0.25) is 0 Å². The molecule has 0 aliphatic rings. The molecule has 0 atom stereocenters. The topological polar surface area (TPSA) is 90.9 Å². The van der Waals surface area contributed by atoms with E-state index in [2.05, 4.69) is 4.98 Å². The van der Waals surface area contributed by atoms with Gasteiger partial charge in [0.15, 0.2) is 0 Å². The average Bonchev–Trinajstić information content (AvgIpc) is 2.04. The van der Waals surface area contributed by atoms with Crippen molar-refractivity contribution in [2.75, 3.05) is 17.2 Å². The van der Waals surface area contributed by atoms with Crippen molar-refractivity contribution in [2.24, 2.45) is 0 Å². The van der Waals surface area contributed by atoms with Gasteiger partial charge < -0.3 is 17.2 Å². The Bertz CT molecular complexity index is 201. The molecule has 1 aromatic heterocycles. The number of nitrogens with zero attached hydrogens (tertiary/aromatic N) is 1. The van der Waals surface area contributed by atoms with Crippen LogP contribution in [0.2, 0.25) is 0 Å². The normalized spacial score (nSPS) is 8.18. The van der Waals surface area contributed by atoms with Crippen molar-refractivity contribution in [3.63, 3.8) is 0 Å². The van der Waals surface area contributed by atoms with E-state index in [1.807, 2.05) is 13.8 Å². The lowest BCUT2D eigenvalue weighted by molar-refractivity contribution is 1.34. The van der Waals surface area contributed by atoms with E-state index in [9.17, 15) is 0 Å². The van der Waals surface area contributed by atoms with Crippen LogP contribution in [0.3, 0.4) is 0 Å². The van der Waals surface area contributed by atoms with E-state index in [-0.39, 0.29) is 5.82 Å². The van der Waals surface area contributed by atoms with Crippen molar-refractivity contribution < 1.29 is 0 Å². The van der Waals surface area contributed by atoms with Crippen molar-refractivity contribution >= 4 is 17.2 Å². The summed E-state index contributed by atoms with van der Waals surface area (Å²) >= 11 is 0. The summed E-state index contributed by atoms with van der Waals surface area (Å²) in [6, 6.07) is 1.60. The van der Waals surface area contributed by atoms with Crippen LogP contribution in [0.25, 0.3) is 0 Å². The molecule has 6 N–H and O–H groups in total. The number of anilines is 3. The third-order valence-electron chi connectivity index (χ3n) is 1.05. The summed E-state index contributed by atoms with van der Waals surface area (Å²) in [5.74, 6) is 0.287. The molecule has 0 radical (unpaired) electrons. The third kappa shape index (κ3) is 2.33. The zero-order chi connectivity index (χ0) is 8.85. The molecule has 0 saturated heterocycles. The number of hydrogen-bond donors (Lipinski definition) is 3. The summed E-state index contributed by atoms with van der Waals surface area (Å²) in [5.41, 5.74) is 16.9. The molecule has 4 nitrogen and oxygen atoms in total. The van der Waals surface area contributed by atoms with Crippen molar-refractivity contribution in [1.82, 2.24) is 4.98 Å². The summed E-state index contributed by atoms with van der Waals surface area (Å²) < 4.78 is 0. The molecular formula is C7H14N4. The number of nitrogen functional groups attached to an aromatic ring is 3. The summed E-state index contributed by atoms with van der Waals surface area (Å²) in [5, 5.41) is 0. The minimum Gasteiger partial charge on any atom is -0.397 e. The number of pyridine rings is 1. The summed E-state index contributed by atoms with van der Waals surface area (Å²) in [7, 11) is 0. The molecule has 1 heterocycles. The fourth-order valence-corrected chi connectivity index (χ4v) is 0.505. The van der Waals surface area contributed by atoms with Crippen molar-refractivity contribution in [2.45, 2.75) is 13.8 Å². The first kappa shape index (κ1) is 9.55. The first-order chi connectivity index (χ1) is 5.22. The molecule has 11 heavy (non-hydrogen) atoms. The molecule has 0 amide bonds. The molecular weight excluding hydrogens is 140 g/mol. The highest BCUT2D eigenvalue weighted by atomic mass is 14.9. The first-order valence-electron chi connectivity index (χ1n) is 3.47.